The van der Waals surface area contributed by atoms with Crippen LogP contribution in [0.1, 0.15) is 62.5 Å². The maximum atomic E-state index is 13.9. The highest BCUT2D eigenvalue weighted by Gasteiger charge is 2.34. The maximum Gasteiger partial charge on any atom is 0.416 e. The van der Waals surface area contributed by atoms with Crippen molar-refractivity contribution in [3.63, 3.8) is 0 Å². The molecule has 3 rings (SSSR count). The van der Waals surface area contributed by atoms with Gasteiger partial charge in [-0.05, 0) is 37.5 Å². The first-order valence-electron chi connectivity index (χ1n) is 10.2. The third-order valence-corrected chi connectivity index (χ3v) is 5.91. The van der Waals surface area contributed by atoms with E-state index in [9.17, 15) is 27.2 Å². The molecule has 1 N–H and O–H groups in total. The fourth-order valence-electron chi connectivity index (χ4n) is 4.22. The van der Waals surface area contributed by atoms with Gasteiger partial charge in [0.25, 0.3) is 0 Å². The standard InChI is InChI=1S/C21H26F4N2O2/c22-18-9-8-16(21(23,24)25)11-15(18)12-26-20(29)14-7-10-19(28)27(13-14)17-5-3-1-2-4-6-17/h8-9,11,14,17H,1-7,10,12-13H2,(H,26,29). The van der Waals surface area contributed by atoms with Crippen molar-refractivity contribution in [3.05, 3.63) is 35.1 Å². The average molecular weight is 414 g/mol. The second-order valence-corrected chi connectivity index (χ2v) is 7.95. The molecule has 2 fully saturated rings. The lowest BCUT2D eigenvalue weighted by molar-refractivity contribution is -0.141. The average Bonchev–Trinajstić information content (AvgIpc) is 2.96. The van der Waals surface area contributed by atoms with Crippen LogP contribution in [0.2, 0.25) is 0 Å². The number of benzene rings is 1. The summed E-state index contributed by atoms with van der Waals surface area (Å²) < 4.78 is 52.4. The molecule has 4 nitrogen and oxygen atoms in total. The molecule has 160 valence electrons. The number of alkyl halides is 3. The van der Waals surface area contributed by atoms with Gasteiger partial charge in [0, 0.05) is 31.1 Å². The van der Waals surface area contributed by atoms with Crippen LogP contribution in [0.15, 0.2) is 18.2 Å². The Morgan fingerprint density at radius 1 is 1.10 bits per heavy atom. The summed E-state index contributed by atoms with van der Waals surface area (Å²) in [5.41, 5.74) is -1.16. The lowest BCUT2D eigenvalue weighted by Crippen LogP contribution is -2.49. The molecule has 1 aromatic carbocycles. The van der Waals surface area contributed by atoms with E-state index >= 15 is 0 Å². The Hall–Kier alpha value is -2.12. The third kappa shape index (κ3) is 5.48. The summed E-state index contributed by atoms with van der Waals surface area (Å²) >= 11 is 0. The number of hydrogen-bond donors (Lipinski definition) is 1. The van der Waals surface area contributed by atoms with Gasteiger partial charge in [0.2, 0.25) is 11.8 Å². The zero-order valence-electron chi connectivity index (χ0n) is 16.2. The van der Waals surface area contributed by atoms with E-state index in [1.807, 2.05) is 4.90 Å². The highest BCUT2D eigenvalue weighted by atomic mass is 19.4. The Labute approximate surface area is 167 Å². The van der Waals surface area contributed by atoms with Crippen molar-refractivity contribution in [1.82, 2.24) is 10.2 Å². The molecule has 2 amide bonds. The summed E-state index contributed by atoms with van der Waals surface area (Å²) in [6.07, 6.45) is 2.45. The summed E-state index contributed by atoms with van der Waals surface area (Å²) in [6, 6.07) is 2.31. The molecule has 8 heteroatoms. The SMILES string of the molecule is O=C(NCc1cc(C(F)(F)F)ccc1F)C1CCC(=O)N(C2CCCCCC2)C1. The fraction of sp³-hybridized carbons (Fsp3) is 0.619. The second kappa shape index (κ2) is 9.13. The molecule has 1 heterocycles. The van der Waals surface area contributed by atoms with Crippen LogP contribution in [0.3, 0.4) is 0 Å². The first kappa shape index (κ1) is 21.6. The Kier molecular flexibility index (Phi) is 6.80. The van der Waals surface area contributed by atoms with Gasteiger partial charge >= 0.3 is 6.18 Å². The molecule has 1 aromatic rings. The largest absolute Gasteiger partial charge is 0.416 e. The topological polar surface area (TPSA) is 49.4 Å². The van der Waals surface area contributed by atoms with Crippen molar-refractivity contribution in [1.29, 1.82) is 0 Å². The number of halogens is 4. The van der Waals surface area contributed by atoms with Gasteiger partial charge in [-0.25, -0.2) is 4.39 Å². The van der Waals surface area contributed by atoms with Crippen molar-refractivity contribution in [2.24, 2.45) is 5.92 Å². The summed E-state index contributed by atoms with van der Waals surface area (Å²) in [4.78, 5) is 26.8. The van der Waals surface area contributed by atoms with Gasteiger partial charge < -0.3 is 10.2 Å². The van der Waals surface area contributed by atoms with E-state index in [2.05, 4.69) is 5.32 Å². The maximum absolute atomic E-state index is 13.9. The quantitative estimate of drug-likeness (QED) is 0.586. The van der Waals surface area contributed by atoms with Crippen LogP contribution in [0.4, 0.5) is 17.6 Å². The van der Waals surface area contributed by atoms with E-state index in [1.54, 1.807) is 0 Å². The smallest absolute Gasteiger partial charge is 0.352 e. The molecule has 0 bridgehead atoms. The lowest BCUT2D eigenvalue weighted by atomic mass is 9.93. The van der Waals surface area contributed by atoms with Gasteiger partial charge in [0.15, 0.2) is 0 Å². The summed E-state index contributed by atoms with van der Waals surface area (Å²) in [5.74, 6) is -1.51. The Morgan fingerprint density at radius 3 is 2.45 bits per heavy atom. The molecule has 1 unspecified atom stereocenters. The summed E-state index contributed by atoms with van der Waals surface area (Å²) in [6.45, 7) is 0.00285. The predicted molar refractivity (Wildman–Crippen MR) is 99.2 cm³/mol. The molecule has 1 saturated carbocycles. The number of piperidine rings is 1. The van der Waals surface area contributed by atoms with Gasteiger partial charge in [0.1, 0.15) is 5.82 Å². The van der Waals surface area contributed by atoms with E-state index in [1.165, 1.54) is 0 Å². The predicted octanol–water partition coefficient (Wildman–Crippen LogP) is 4.42. The number of likely N-dealkylation sites (tertiary alicyclic amines) is 1. The van der Waals surface area contributed by atoms with Crippen LogP contribution in [-0.4, -0.2) is 29.3 Å². The van der Waals surface area contributed by atoms with Crippen molar-refractivity contribution >= 4 is 11.8 Å². The monoisotopic (exact) mass is 414 g/mol. The van der Waals surface area contributed by atoms with Gasteiger partial charge in [0.05, 0.1) is 11.5 Å². The Balaban J connectivity index is 1.61. The first-order chi connectivity index (χ1) is 13.8. The molecule has 0 spiro atoms. The van der Waals surface area contributed by atoms with Gasteiger partial charge in [-0.3, -0.25) is 9.59 Å². The van der Waals surface area contributed by atoms with Crippen LogP contribution in [0, 0.1) is 11.7 Å². The van der Waals surface area contributed by atoms with Gasteiger partial charge in [-0.15, -0.1) is 0 Å². The Morgan fingerprint density at radius 2 is 1.79 bits per heavy atom. The second-order valence-electron chi connectivity index (χ2n) is 7.95. The number of rotatable bonds is 4. The number of nitrogens with zero attached hydrogens (tertiary/aromatic N) is 1. The number of hydrogen-bond acceptors (Lipinski definition) is 2. The number of carbonyl (C=O) groups is 2. The van der Waals surface area contributed by atoms with Crippen molar-refractivity contribution in [2.45, 2.75) is 70.1 Å². The van der Waals surface area contributed by atoms with Crippen molar-refractivity contribution in [2.75, 3.05) is 6.54 Å². The minimum absolute atomic E-state index is 0.0601. The van der Waals surface area contributed by atoms with E-state index in [0.29, 0.717) is 19.0 Å². The first-order valence-corrected chi connectivity index (χ1v) is 10.2. The van der Waals surface area contributed by atoms with Gasteiger partial charge in [-0.2, -0.15) is 13.2 Å². The molecule has 0 aromatic heterocycles. The normalized spacial score (nSPS) is 21.7. The van der Waals surface area contributed by atoms with Crippen LogP contribution < -0.4 is 5.32 Å². The lowest BCUT2D eigenvalue weighted by Gasteiger charge is -2.37. The van der Waals surface area contributed by atoms with Crippen LogP contribution in [0.5, 0.6) is 0 Å². The molecule has 1 atom stereocenters. The van der Waals surface area contributed by atoms with Crippen LogP contribution >= 0.6 is 0 Å². The van der Waals surface area contributed by atoms with E-state index in [0.717, 1.165) is 50.7 Å². The molecule has 29 heavy (non-hydrogen) atoms. The third-order valence-electron chi connectivity index (χ3n) is 5.91. The molecule has 2 aliphatic rings. The van der Waals surface area contributed by atoms with Gasteiger partial charge in [-0.1, -0.05) is 25.7 Å². The molecule has 0 radical (unpaired) electrons. The summed E-state index contributed by atoms with van der Waals surface area (Å²) in [5, 5.41) is 2.55. The van der Waals surface area contributed by atoms with E-state index in [4.69, 9.17) is 0 Å². The summed E-state index contributed by atoms with van der Waals surface area (Å²) in [7, 11) is 0. The molecular weight excluding hydrogens is 388 g/mol. The minimum Gasteiger partial charge on any atom is -0.352 e. The van der Waals surface area contributed by atoms with Crippen LogP contribution in [-0.2, 0) is 22.3 Å². The minimum atomic E-state index is -4.57. The van der Waals surface area contributed by atoms with Crippen molar-refractivity contribution in [3.8, 4) is 0 Å². The molecule has 1 saturated heterocycles. The highest BCUT2D eigenvalue weighted by Crippen LogP contribution is 2.31. The van der Waals surface area contributed by atoms with Crippen LogP contribution in [0.25, 0.3) is 0 Å². The van der Waals surface area contributed by atoms with Crippen molar-refractivity contribution < 1.29 is 27.2 Å². The number of nitrogens with one attached hydrogen (secondary N) is 1. The molecular formula is C21H26F4N2O2. The van der Waals surface area contributed by atoms with E-state index in [-0.39, 0.29) is 36.4 Å². The molecule has 1 aliphatic carbocycles. The Bertz CT molecular complexity index is 743. The highest BCUT2D eigenvalue weighted by molar-refractivity contribution is 5.84. The zero-order valence-corrected chi connectivity index (χ0v) is 16.2. The van der Waals surface area contributed by atoms with E-state index < -0.39 is 23.5 Å². The fourth-order valence-corrected chi connectivity index (χ4v) is 4.22. The zero-order chi connectivity index (χ0) is 21.0. The number of amides is 2. The molecule has 1 aliphatic heterocycles. The number of carbonyl (C=O) groups excluding carboxylic acids is 2.